The van der Waals surface area contributed by atoms with Crippen LogP contribution in [-0.4, -0.2) is 27.8 Å². The molecule has 2 heterocycles. The maximum atomic E-state index is 12.5. The maximum absolute atomic E-state index is 12.5. The molecule has 2 N–H and O–H groups in total. The van der Waals surface area contributed by atoms with E-state index in [0.29, 0.717) is 11.6 Å². The molecular weight excluding hydrogens is 372 g/mol. The Labute approximate surface area is 166 Å². The van der Waals surface area contributed by atoms with Gasteiger partial charge in [-0.1, -0.05) is 18.2 Å². The van der Waals surface area contributed by atoms with Crippen LogP contribution in [0, 0.1) is 0 Å². The second kappa shape index (κ2) is 8.22. The normalized spacial score (nSPS) is 10.9. The van der Waals surface area contributed by atoms with Crippen LogP contribution in [0.25, 0.3) is 10.9 Å². The van der Waals surface area contributed by atoms with Gasteiger partial charge in [0.25, 0.3) is 0 Å². The average Bonchev–Trinajstić information content (AvgIpc) is 3.33. The van der Waals surface area contributed by atoms with Crippen molar-refractivity contribution in [1.82, 2.24) is 14.8 Å². The molecule has 4 aromatic rings. The van der Waals surface area contributed by atoms with Gasteiger partial charge in [-0.2, -0.15) is 5.10 Å². The zero-order chi connectivity index (χ0) is 19.3. The molecule has 6 nitrogen and oxygen atoms in total. The van der Waals surface area contributed by atoms with E-state index in [1.807, 2.05) is 53.5 Å². The molecule has 1 amide bonds. The lowest BCUT2D eigenvalue weighted by atomic mass is 10.1. The molecule has 4 rings (SSSR count). The largest absolute Gasteiger partial charge is 0.497 e. The molecule has 0 aliphatic rings. The van der Waals surface area contributed by atoms with E-state index in [1.54, 1.807) is 25.1 Å². The van der Waals surface area contributed by atoms with Gasteiger partial charge in [0.2, 0.25) is 5.91 Å². The van der Waals surface area contributed by atoms with Crippen molar-refractivity contribution in [1.29, 1.82) is 0 Å². The van der Waals surface area contributed by atoms with E-state index in [9.17, 15) is 4.79 Å². The Hall–Kier alpha value is -3.19. The lowest BCUT2D eigenvalue weighted by Gasteiger charge is -2.04. The van der Waals surface area contributed by atoms with Gasteiger partial charge in [-0.25, -0.2) is 0 Å². The Morgan fingerprint density at radius 3 is 2.93 bits per heavy atom. The summed E-state index contributed by atoms with van der Waals surface area (Å²) in [5, 5.41) is 8.22. The number of carbonyl (C=O) groups is 1. The third kappa shape index (κ3) is 4.20. The van der Waals surface area contributed by atoms with Crippen molar-refractivity contribution >= 4 is 34.3 Å². The SMILES string of the molecule is COc1ccc2[nH]cc(CC(=O)Nc3cnn(CSc4ccccc4)c3)c2c1. The van der Waals surface area contributed by atoms with E-state index in [0.717, 1.165) is 22.2 Å². The van der Waals surface area contributed by atoms with E-state index >= 15 is 0 Å². The molecule has 0 aliphatic heterocycles. The summed E-state index contributed by atoms with van der Waals surface area (Å²) in [5.41, 5.74) is 2.60. The molecule has 0 fully saturated rings. The summed E-state index contributed by atoms with van der Waals surface area (Å²) in [7, 11) is 1.63. The second-order valence-electron chi connectivity index (χ2n) is 6.31. The van der Waals surface area contributed by atoms with Crippen molar-refractivity contribution in [3.8, 4) is 5.75 Å². The smallest absolute Gasteiger partial charge is 0.228 e. The number of nitrogens with zero attached hydrogens (tertiary/aromatic N) is 2. The number of aromatic amines is 1. The average molecular weight is 392 g/mol. The zero-order valence-electron chi connectivity index (χ0n) is 15.4. The van der Waals surface area contributed by atoms with E-state index in [-0.39, 0.29) is 12.3 Å². The van der Waals surface area contributed by atoms with Gasteiger partial charge in [0.15, 0.2) is 0 Å². The number of aromatic nitrogens is 3. The number of nitrogens with one attached hydrogen (secondary N) is 2. The van der Waals surface area contributed by atoms with Gasteiger partial charge in [-0.3, -0.25) is 9.48 Å². The van der Waals surface area contributed by atoms with Crippen LogP contribution in [0.3, 0.4) is 0 Å². The van der Waals surface area contributed by atoms with Crippen LogP contribution in [0.15, 0.2) is 72.0 Å². The summed E-state index contributed by atoms with van der Waals surface area (Å²) in [5.74, 6) is 1.37. The minimum Gasteiger partial charge on any atom is -0.497 e. The first-order valence-corrected chi connectivity index (χ1v) is 9.84. The molecule has 7 heteroatoms. The van der Waals surface area contributed by atoms with Gasteiger partial charge in [0.1, 0.15) is 5.75 Å². The topological polar surface area (TPSA) is 71.9 Å². The summed E-state index contributed by atoms with van der Waals surface area (Å²) >= 11 is 1.69. The highest BCUT2D eigenvalue weighted by molar-refractivity contribution is 7.98. The Morgan fingerprint density at radius 1 is 1.25 bits per heavy atom. The molecular formula is C21H20N4O2S. The molecule has 0 saturated carbocycles. The summed E-state index contributed by atoms with van der Waals surface area (Å²) < 4.78 is 7.09. The quantitative estimate of drug-likeness (QED) is 0.460. The number of amides is 1. The van der Waals surface area contributed by atoms with Crippen LogP contribution in [0.1, 0.15) is 5.56 Å². The van der Waals surface area contributed by atoms with Crippen LogP contribution in [0.5, 0.6) is 5.75 Å². The number of anilines is 1. The van der Waals surface area contributed by atoms with Gasteiger partial charge in [-0.15, -0.1) is 11.8 Å². The fraction of sp³-hybridized carbons (Fsp3) is 0.143. The molecule has 0 bridgehead atoms. The number of hydrogen-bond donors (Lipinski definition) is 2. The molecule has 0 spiro atoms. The van der Waals surface area contributed by atoms with E-state index in [2.05, 4.69) is 27.5 Å². The summed E-state index contributed by atoms with van der Waals surface area (Å²) in [6.45, 7) is 0. The fourth-order valence-electron chi connectivity index (χ4n) is 2.97. The van der Waals surface area contributed by atoms with Gasteiger partial charge in [0, 0.05) is 28.2 Å². The summed E-state index contributed by atoms with van der Waals surface area (Å²) in [4.78, 5) is 16.8. The molecule has 0 atom stereocenters. The number of methoxy groups -OCH3 is 1. The Bertz CT molecular complexity index is 1090. The van der Waals surface area contributed by atoms with E-state index in [1.165, 1.54) is 4.90 Å². The van der Waals surface area contributed by atoms with E-state index in [4.69, 9.17) is 4.74 Å². The monoisotopic (exact) mass is 392 g/mol. The van der Waals surface area contributed by atoms with Gasteiger partial charge < -0.3 is 15.0 Å². The first-order valence-electron chi connectivity index (χ1n) is 8.85. The lowest BCUT2D eigenvalue weighted by molar-refractivity contribution is -0.115. The standard InChI is InChI=1S/C21H20N4O2S/c1-27-17-7-8-20-19(10-17)15(11-22-20)9-21(26)24-16-12-23-25(13-16)14-28-18-5-3-2-4-6-18/h2-8,10-13,22H,9,14H2,1H3,(H,24,26). The summed E-state index contributed by atoms with van der Waals surface area (Å²) in [6.07, 6.45) is 5.65. The first-order chi connectivity index (χ1) is 13.7. The molecule has 142 valence electrons. The van der Waals surface area contributed by atoms with Crippen LogP contribution in [0.2, 0.25) is 0 Å². The van der Waals surface area contributed by atoms with Crippen molar-refractivity contribution in [3.05, 3.63) is 72.7 Å². The molecule has 2 aromatic carbocycles. The number of H-pyrrole nitrogens is 1. The van der Waals surface area contributed by atoms with Crippen molar-refractivity contribution in [2.24, 2.45) is 0 Å². The van der Waals surface area contributed by atoms with Crippen molar-refractivity contribution in [2.45, 2.75) is 17.2 Å². The minimum atomic E-state index is -0.0843. The predicted octanol–water partition coefficient (Wildman–Crippen LogP) is 4.30. The number of rotatable bonds is 7. The minimum absolute atomic E-state index is 0.0843. The van der Waals surface area contributed by atoms with Gasteiger partial charge in [-0.05, 0) is 35.9 Å². The molecule has 0 unspecified atom stereocenters. The van der Waals surface area contributed by atoms with E-state index < -0.39 is 0 Å². The highest BCUT2D eigenvalue weighted by atomic mass is 32.2. The Kier molecular flexibility index (Phi) is 5.34. The molecule has 0 saturated heterocycles. The van der Waals surface area contributed by atoms with Gasteiger partial charge in [0.05, 0.1) is 31.3 Å². The maximum Gasteiger partial charge on any atom is 0.228 e. The second-order valence-corrected chi connectivity index (χ2v) is 7.32. The van der Waals surface area contributed by atoms with Crippen LogP contribution >= 0.6 is 11.8 Å². The molecule has 0 radical (unpaired) electrons. The number of hydrogen-bond acceptors (Lipinski definition) is 4. The third-order valence-electron chi connectivity index (χ3n) is 4.35. The third-order valence-corrected chi connectivity index (χ3v) is 5.35. The molecule has 2 aromatic heterocycles. The number of fused-ring (bicyclic) bond motifs is 1. The van der Waals surface area contributed by atoms with Crippen LogP contribution in [-0.2, 0) is 17.1 Å². The fourth-order valence-corrected chi connectivity index (χ4v) is 3.74. The first kappa shape index (κ1) is 18.2. The molecule has 0 aliphatic carbocycles. The lowest BCUT2D eigenvalue weighted by Crippen LogP contribution is -2.13. The van der Waals surface area contributed by atoms with Gasteiger partial charge >= 0.3 is 0 Å². The number of ether oxygens (including phenoxy) is 1. The van der Waals surface area contributed by atoms with Crippen molar-refractivity contribution in [3.63, 3.8) is 0 Å². The predicted molar refractivity (Wildman–Crippen MR) is 112 cm³/mol. The van der Waals surface area contributed by atoms with Crippen molar-refractivity contribution in [2.75, 3.05) is 12.4 Å². The van der Waals surface area contributed by atoms with Crippen molar-refractivity contribution < 1.29 is 9.53 Å². The highest BCUT2D eigenvalue weighted by Crippen LogP contribution is 2.24. The van der Waals surface area contributed by atoms with Crippen LogP contribution < -0.4 is 10.1 Å². The number of carbonyl (C=O) groups excluding carboxylic acids is 1. The Balaban J connectivity index is 1.37. The Morgan fingerprint density at radius 2 is 2.11 bits per heavy atom. The molecule has 28 heavy (non-hydrogen) atoms. The zero-order valence-corrected chi connectivity index (χ0v) is 16.2. The van der Waals surface area contributed by atoms with Crippen LogP contribution in [0.4, 0.5) is 5.69 Å². The highest BCUT2D eigenvalue weighted by Gasteiger charge is 2.11. The number of thioether (sulfide) groups is 1. The number of benzene rings is 2. The summed E-state index contributed by atoms with van der Waals surface area (Å²) in [6, 6.07) is 15.9.